The maximum absolute atomic E-state index is 2.55. The van der Waals surface area contributed by atoms with Crippen molar-refractivity contribution < 1.29 is 0 Å². The maximum Gasteiger partial charge on any atom is 0.0540 e. The van der Waals surface area contributed by atoms with Gasteiger partial charge in [-0.05, 0) is 171 Å². The van der Waals surface area contributed by atoms with Gasteiger partial charge in [-0.3, -0.25) is 0 Å². The number of fused-ring (bicyclic) bond motifs is 13. The molecule has 0 unspecified atom stereocenters. The van der Waals surface area contributed by atoms with E-state index < -0.39 is 0 Å². The molecule has 1 nitrogen and oxygen atoms in total. The van der Waals surface area contributed by atoms with E-state index in [4.69, 9.17) is 0 Å². The smallest absolute Gasteiger partial charge is 0.0540 e. The van der Waals surface area contributed by atoms with Gasteiger partial charge in [-0.1, -0.05) is 163 Å². The van der Waals surface area contributed by atoms with E-state index in [-0.39, 0.29) is 16.2 Å². The van der Waals surface area contributed by atoms with Crippen LogP contribution in [0.2, 0.25) is 0 Å². The van der Waals surface area contributed by atoms with Crippen molar-refractivity contribution in [2.75, 3.05) is 4.90 Å². The molecule has 306 valence electrons. The van der Waals surface area contributed by atoms with Gasteiger partial charge < -0.3 is 4.90 Å². The van der Waals surface area contributed by atoms with Crippen LogP contribution in [0.15, 0.2) is 188 Å². The van der Waals surface area contributed by atoms with Crippen molar-refractivity contribution in [3.8, 4) is 44.5 Å². The minimum atomic E-state index is -0.215. The van der Waals surface area contributed by atoms with Crippen LogP contribution in [-0.2, 0) is 16.2 Å². The molecule has 0 fully saturated rings. The van der Waals surface area contributed by atoms with E-state index in [1.54, 1.807) is 0 Å². The fourth-order valence-electron chi connectivity index (χ4n) is 12.1. The molecule has 3 aliphatic rings. The first-order valence-corrected chi connectivity index (χ1v) is 22.9. The van der Waals surface area contributed by atoms with Crippen molar-refractivity contribution in [1.82, 2.24) is 0 Å². The second-order valence-corrected chi connectivity index (χ2v) is 20.2. The molecule has 3 aliphatic carbocycles. The summed E-state index contributed by atoms with van der Waals surface area (Å²) in [5.41, 5.74) is 22.0. The number of rotatable bonds is 4. The fourth-order valence-corrected chi connectivity index (χ4v) is 12.1. The van der Waals surface area contributed by atoms with Gasteiger partial charge in [0.15, 0.2) is 0 Å². The summed E-state index contributed by atoms with van der Waals surface area (Å²) in [5, 5.41) is 7.75. The molecule has 0 aliphatic heterocycles. The number of benzene rings is 10. The van der Waals surface area contributed by atoms with Crippen LogP contribution in [0.5, 0.6) is 0 Å². The van der Waals surface area contributed by atoms with Crippen molar-refractivity contribution in [2.45, 2.75) is 57.8 Å². The van der Waals surface area contributed by atoms with Crippen molar-refractivity contribution in [1.29, 1.82) is 0 Å². The Morgan fingerprint density at radius 2 is 0.797 bits per heavy atom. The predicted octanol–water partition coefficient (Wildman–Crippen LogP) is 17.2. The van der Waals surface area contributed by atoms with E-state index in [1.165, 1.54) is 110 Å². The van der Waals surface area contributed by atoms with Gasteiger partial charge in [0.05, 0.1) is 5.69 Å². The lowest BCUT2D eigenvalue weighted by Gasteiger charge is -2.30. The van der Waals surface area contributed by atoms with Crippen LogP contribution in [0.3, 0.4) is 0 Å². The first-order chi connectivity index (χ1) is 31.0. The molecule has 13 rings (SSSR count). The molecule has 1 heteroatoms. The maximum atomic E-state index is 2.55. The number of hydrogen-bond acceptors (Lipinski definition) is 1. The summed E-state index contributed by atoms with van der Waals surface area (Å²) in [6, 6.07) is 71.3. The van der Waals surface area contributed by atoms with Crippen molar-refractivity contribution in [2.24, 2.45) is 0 Å². The molecule has 0 atom stereocenters. The minimum absolute atomic E-state index is 0.100. The summed E-state index contributed by atoms with van der Waals surface area (Å²) in [7, 11) is 0. The summed E-state index contributed by atoms with van der Waals surface area (Å²) in [5.74, 6) is 0. The largest absolute Gasteiger partial charge is 0.310 e. The number of para-hydroxylation sites is 1. The molecule has 0 spiro atoms. The lowest BCUT2D eigenvalue weighted by molar-refractivity contribution is 0.652. The van der Waals surface area contributed by atoms with Gasteiger partial charge in [0.2, 0.25) is 0 Å². The Kier molecular flexibility index (Phi) is 7.54. The molecule has 0 saturated heterocycles. The SMILES string of the molecule is CC1(C)c2cc(N(c3ccc4cc5c(cc4c3)C(C)(C)c3cc4ccccc4cc3-5)c3ccccc3-c3ccccc3)ccc2-c2cc3c(cc21)-c1c(ccc2ccccc12)C3(C)C. The summed E-state index contributed by atoms with van der Waals surface area (Å²) in [4.78, 5) is 2.51. The molecule has 0 aromatic heterocycles. The monoisotopic (exact) mass is 819 g/mol. The van der Waals surface area contributed by atoms with E-state index in [1.807, 2.05) is 0 Å². The summed E-state index contributed by atoms with van der Waals surface area (Å²) in [6.45, 7) is 14.5. The molecule has 0 saturated carbocycles. The van der Waals surface area contributed by atoms with Crippen LogP contribution in [0.1, 0.15) is 74.9 Å². The summed E-state index contributed by atoms with van der Waals surface area (Å²) < 4.78 is 0. The molecule has 0 heterocycles. The Balaban J connectivity index is 0.986. The van der Waals surface area contributed by atoms with E-state index >= 15 is 0 Å². The average Bonchev–Trinajstić information content (AvgIpc) is 3.78. The molecule has 64 heavy (non-hydrogen) atoms. The highest BCUT2D eigenvalue weighted by molar-refractivity contribution is 6.04. The minimum Gasteiger partial charge on any atom is -0.310 e. The van der Waals surface area contributed by atoms with Gasteiger partial charge in [-0.25, -0.2) is 0 Å². The molecule has 0 radical (unpaired) electrons. The van der Waals surface area contributed by atoms with Crippen LogP contribution in [0.25, 0.3) is 76.8 Å². The molecule has 0 bridgehead atoms. The van der Waals surface area contributed by atoms with Gasteiger partial charge in [0.25, 0.3) is 0 Å². The summed E-state index contributed by atoms with van der Waals surface area (Å²) in [6.07, 6.45) is 0. The standard InChI is InChI=1S/C63H49N/c1-61(2)53-29-25-39-18-12-13-22-47(39)60(53)52-37-57-51(36-58(52)61)48-28-27-45(35-56(48)63(57,5)6)64(59-23-15-14-21-46(59)38-16-8-7-9-17-38)44-26-24-42-32-50-49-31-40-19-10-11-20-41(40)33-54(49)62(3,4)55(50)34-43(42)30-44/h7-37H,1-6H3. The van der Waals surface area contributed by atoms with Gasteiger partial charge in [-0.15, -0.1) is 0 Å². The third kappa shape index (κ3) is 5.07. The molecular weight excluding hydrogens is 771 g/mol. The first-order valence-electron chi connectivity index (χ1n) is 22.9. The van der Waals surface area contributed by atoms with Gasteiger partial charge in [-0.2, -0.15) is 0 Å². The number of nitrogens with zero attached hydrogens (tertiary/aromatic N) is 1. The zero-order valence-electron chi connectivity index (χ0n) is 37.3. The average molecular weight is 820 g/mol. The van der Waals surface area contributed by atoms with Crippen molar-refractivity contribution >= 4 is 49.4 Å². The van der Waals surface area contributed by atoms with Gasteiger partial charge in [0, 0.05) is 33.2 Å². The van der Waals surface area contributed by atoms with E-state index in [9.17, 15) is 0 Å². The quantitative estimate of drug-likeness (QED) is 0.171. The Labute approximate surface area is 376 Å². The third-order valence-corrected chi connectivity index (χ3v) is 15.6. The highest BCUT2D eigenvalue weighted by Crippen LogP contribution is 2.58. The lowest BCUT2D eigenvalue weighted by Crippen LogP contribution is -2.17. The zero-order valence-corrected chi connectivity index (χ0v) is 37.3. The molecular formula is C63H49N. The Morgan fingerprint density at radius 1 is 0.297 bits per heavy atom. The van der Waals surface area contributed by atoms with Crippen molar-refractivity contribution in [3.05, 3.63) is 221 Å². The van der Waals surface area contributed by atoms with Crippen LogP contribution in [-0.4, -0.2) is 0 Å². The van der Waals surface area contributed by atoms with Gasteiger partial charge >= 0.3 is 0 Å². The Morgan fingerprint density at radius 3 is 1.56 bits per heavy atom. The second-order valence-electron chi connectivity index (χ2n) is 20.2. The van der Waals surface area contributed by atoms with Crippen LogP contribution < -0.4 is 4.90 Å². The lowest BCUT2D eigenvalue weighted by atomic mass is 9.79. The molecule has 10 aromatic rings. The van der Waals surface area contributed by atoms with E-state index in [2.05, 4.69) is 234 Å². The predicted molar refractivity (Wildman–Crippen MR) is 272 cm³/mol. The highest BCUT2D eigenvalue weighted by atomic mass is 15.1. The van der Waals surface area contributed by atoms with E-state index in [0.29, 0.717) is 0 Å². The van der Waals surface area contributed by atoms with Crippen LogP contribution >= 0.6 is 0 Å². The fraction of sp³-hybridized carbons (Fsp3) is 0.143. The Bertz CT molecular complexity index is 3640. The van der Waals surface area contributed by atoms with Crippen LogP contribution in [0.4, 0.5) is 17.1 Å². The second kappa shape index (κ2) is 12.9. The van der Waals surface area contributed by atoms with Crippen LogP contribution in [0, 0.1) is 0 Å². The van der Waals surface area contributed by atoms with E-state index in [0.717, 1.165) is 17.1 Å². The third-order valence-electron chi connectivity index (χ3n) is 15.6. The first kappa shape index (κ1) is 37.3. The number of hydrogen-bond donors (Lipinski definition) is 0. The zero-order chi connectivity index (χ0) is 43.3. The molecule has 10 aromatic carbocycles. The van der Waals surface area contributed by atoms with Gasteiger partial charge in [0.1, 0.15) is 0 Å². The molecule has 0 amide bonds. The molecule has 0 N–H and O–H groups in total. The highest BCUT2D eigenvalue weighted by Gasteiger charge is 2.43. The normalized spacial score (nSPS) is 15.4. The topological polar surface area (TPSA) is 3.24 Å². The van der Waals surface area contributed by atoms with Crippen molar-refractivity contribution in [3.63, 3.8) is 0 Å². The summed E-state index contributed by atoms with van der Waals surface area (Å²) >= 11 is 0. The number of anilines is 3. The Hall–Kier alpha value is -7.22.